The SMILES string of the molecule is Cc1cc(F)cc2[nH]c(C(=O)N3CCCC3C(=O)Nc3nc4ccccc4s3)cc12. The van der Waals surface area contributed by atoms with Gasteiger partial charge in [0.15, 0.2) is 5.13 Å². The van der Waals surface area contributed by atoms with Gasteiger partial charge in [0, 0.05) is 17.4 Å². The van der Waals surface area contributed by atoms with E-state index >= 15 is 0 Å². The molecule has 0 spiro atoms. The van der Waals surface area contributed by atoms with Crippen LogP contribution >= 0.6 is 11.3 Å². The molecule has 2 N–H and O–H groups in total. The zero-order valence-corrected chi connectivity index (χ0v) is 17.1. The highest BCUT2D eigenvalue weighted by Crippen LogP contribution is 2.28. The lowest BCUT2D eigenvalue weighted by atomic mass is 10.1. The molecular weight excluding hydrogens is 403 g/mol. The predicted molar refractivity (Wildman–Crippen MR) is 115 cm³/mol. The first-order valence-electron chi connectivity index (χ1n) is 9.76. The molecule has 152 valence electrons. The second kappa shape index (κ2) is 7.21. The zero-order valence-electron chi connectivity index (χ0n) is 16.2. The first kappa shape index (κ1) is 18.7. The summed E-state index contributed by atoms with van der Waals surface area (Å²) < 4.78 is 14.7. The van der Waals surface area contributed by atoms with Crippen LogP contribution in [-0.2, 0) is 4.79 Å². The molecule has 3 heterocycles. The van der Waals surface area contributed by atoms with Crippen LogP contribution < -0.4 is 5.32 Å². The number of fused-ring (bicyclic) bond motifs is 2. The quantitative estimate of drug-likeness (QED) is 0.511. The maximum atomic E-state index is 13.7. The molecule has 1 fully saturated rings. The van der Waals surface area contributed by atoms with Crippen LogP contribution in [-0.4, -0.2) is 39.3 Å². The number of likely N-dealkylation sites (tertiary alicyclic amines) is 1. The summed E-state index contributed by atoms with van der Waals surface area (Å²) in [5, 5.41) is 4.19. The highest BCUT2D eigenvalue weighted by molar-refractivity contribution is 7.22. The number of hydrogen-bond acceptors (Lipinski definition) is 4. The minimum atomic E-state index is -0.561. The third-order valence-electron chi connectivity index (χ3n) is 5.48. The molecule has 30 heavy (non-hydrogen) atoms. The number of rotatable bonds is 3. The summed E-state index contributed by atoms with van der Waals surface area (Å²) in [6.07, 6.45) is 1.34. The number of anilines is 1. The monoisotopic (exact) mass is 422 g/mol. The Morgan fingerprint density at radius 2 is 2.10 bits per heavy atom. The lowest BCUT2D eigenvalue weighted by molar-refractivity contribution is -0.119. The van der Waals surface area contributed by atoms with E-state index in [0.717, 1.165) is 27.6 Å². The molecule has 5 rings (SSSR count). The summed E-state index contributed by atoms with van der Waals surface area (Å²) in [4.78, 5) is 35.1. The number of aromatic nitrogens is 2. The zero-order chi connectivity index (χ0) is 20.8. The molecule has 6 nitrogen and oxygen atoms in total. The number of aryl methyl sites for hydroxylation is 1. The minimum absolute atomic E-state index is 0.238. The number of H-pyrrole nitrogens is 1. The summed E-state index contributed by atoms with van der Waals surface area (Å²) in [6, 6.07) is 11.7. The van der Waals surface area contributed by atoms with E-state index in [1.807, 2.05) is 24.3 Å². The summed E-state index contributed by atoms with van der Waals surface area (Å²) in [7, 11) is 0. The standard InChI is InChI=1S/C22H19FN4O2S/c1-12-9-13(23)10-16-14(12)11-17(24-16)21(29)27-8-4-6-18(27)20(28)26-22-25-15-5-2-3-7-19(15)30-22/h2-3,5,7,9-11,18,24H,4,6,8H2,1H3,(H,25,26,28). The van der Waals surface area contributed by atoms with Crippen molar-refractivity contribution in [3.8, 4) is 0 Å². The Labute approximate surface area is 175 Å². The molecule has 0 radical (unpaired) electrons. The fourth-order valence-corrected chi connectivity index (χ4v) is 4.91. The predicted octanol–water partition coefficient (Wildman–Crippen LogP) is 4.47. The van der Waals surface area contributed by atoms with Crippen LogP contribution in [0.25, 0.3) is 21.1 Å². The van der Waals surface area contributed by atoms with Crippen LogP contribution in [0.3, 0.4) is 0 Å². The molecule has 1 unspecified atom stereocenters. The van der Waals surface area contributed by atoms with E-state index in [2.05, 4.69) is 15.3 Å². The molecule has 2 aromatic carbocycles. The van der Waals surface area contributed by atoms with Gasteiger partial charge in [0.05, 0.1) is 10.2 Å². The first-order chi connectivity index (χ1) is 14.5. The fourth-order valence-electron chi connectivity index (χ4n) is 4.04. The third kappa shape index (κ3) is 3.23. The molecule has 0 bridgehead atoms. The number of carbonyl (C=O) groups is 2. The van der Waals surface area contributed by atoms with Gasteiger partial charge in [-0.2, -0.15) is 0 Å². The van der Waals surface area contributed by atoms with Gasteiger partial charge in [0.1, 0.15) is 17.6 Å². The average molecular weight is 422 g/mol. The number of amides is 2. The third-order valence-corrected chi connectivity index (χ3v) is 6.43. The molecule has 1 saturated heterocycles. The molecule has 2 aromatic heterocycles. The summed E-state index contributed by atoms with van der Waals surface area (Å²) in [6.45, 7) is 2.30. The number of hydrogen-bond donors (Lipinski definition) is 2. The van der Waals surface area contributed by atoms with Crippen molar-refractivity contribution >= 4 is 49.4 Å². The van der Waals surface area contributed by atoms with E-state index in [1.165, 1.54) is 23.5 Å². The van der Waals surface area contributed by atoms with Crippen molar-refractivity contribution in [3.05, 3.63) is 59.5 Å². The first-order valence-corrected chi connectivity index (χ1v) is 10.6. The van der Waals surface area contributed by atoms with Crippen molar-refractivity contribution in [1.82, 2.24) is 14.9 Å². The van der Waals surface area contributed by atoms with Gasteiger partial charge in [-0.1, -0.05) is 23.5 Å². The van der Waals surface area contributed by atoms with Gasteiger partial charge in [-0.25, -0.2) is 9.37 Å². The Morgan fingerprint density at radius 3 is 2.93 bits per heavy atom. The smallest absolute Gasteiger partial charge is 0.270 e. The Kier molecular flexibility index (Phi) is 4.51. The molecule has 4 aromatic rings. The molecule has 1 aliphatic heterocycles. The number of nitrogens with one attached hydrogen (secondary N) is 2. The Bertz CT molecular complexity index is 1260. The van der Waals surface area contributed by atoms with E-state index in [1.54, 1.807) is 17.9 Å². The second-order valence-corrected chi connectivity index (χ2v) is 8.53. The second-order valence-electron chi connectivity index (χ2n) is 7.50. The summed E-state index contributed by atoms with van der Waals surface area (Å²) >= 11 is 1.41. The van der Waals surface area contributed by atoms with Crippen molar-refractivity contribution in [2.45, 2.75) is 25.8 Å². The average Bonchev–Trinajstić information content (AvgIpc) is 3.44. The number of carbonyl (C=O) groups excluding carboxylic acids is 2. The van der Waals surface area contributed by atoms with Crippen LogP contribution in [0, 0.1) is 12.7 Å². The Hall–Kier alpha value is -3.26. The van der Waals surface area contributed by atoms with Crippen LogP contribution in [0.2, 0.25) is 0 Å². The van der Waals surface area contributed by atoms with E-state index in [9.17, 15) is 14.0 Å². The van der Waals surface area contributed by atoms with Crippen molar-refractivity contribution in [3.63, 3.8) is 0 Å². The van der Waals surface area contributed by atoms with Crippen molar-refractivity contribution in [2.24, 2.45) is 0 Å². The molecular formula is C22H19FN4O2S. The maximum absolute atomic E-state index is 13.7. The number of halogens is 1. The van der Waals surface area contributed by atoms with Gasteiger partial charge in [0.2, 0.25) is 5.91 Å². The van der Waals surface area contributed by atoms with Gasteiger partial charge in [-0.15, -0.1) is 0 Å². The van der Waals surface area contributed by atoms with Gasteiger partial charge >= 0.3 is 0 Å². The minimum Gasteiger partial charge on any atom is -0.350 e. The molecule has 0 saturated carbocycles. The van der Waals surface area contributed by atoms with Crippen LogP contribution in [0.15, 0.2) is 42.5 Å². The Balaban J connectivity index is 1.38. The lowest BCUT2D eigenvalue weighted by Gasteiger charge is -2.23. The molecule has 2 amide bonds. The van der Waals surface area contributed by atoms with E-state index in [0.29, 0.717) is 29.3 Å². The number of benzene rings is 2. The summed E-state index contributed by atoms with van der Waals surface area (Å²) in [5.41, 5.74) is 2.52. The van der Waals surface area contributed by atoms with Crippen LogP contribution in [0.1, 0.15) is 28.9 Å². The van der Waals surface area contributed by atoms with E-state index in [-0.39, 0.29) is 17.6 Å². The topological polar surface area (TPSA) is 78.1 Å². The van der Waals surface area contributed by atoms with Crippen molar-refractivity contribution in [2.75, 3.05) is 11.9 Å². The fraction of sp³-hybridized carbons (Fsp3) is 0.227. The highest BCUT2D eigenvalue weighted by atomic mass is 32.1. The van der Waals surface area contributed by atoms with Gasteiger partial charge in [0.25, 0.3) is 5.91 Å². The normalized spacial score (nSPS) is 16.5. The van der Waals surface area contributed by atoms with Crippen molar-refractivity contribution in [1.29, 1.82) is 0 Å². The molecule has 8 heteroatoms. The molecule has 0 aliphatic carbocycles. The maximum Gasteiger partial charge on any atom is 0.270 e. The summed E-state index contributed by atoms with van der Waals surface area (Å²) in [5.74, 6) is -0.846. The van der Waals surface area contributed by atoms with Gasteiger partial charge in [-0.3, -0.25) is 9.59 Å². The molecule has 1 atom stereocenters. The number of thiazole rings is 1. The van der Waals surface area contributed by atoms with Crippen LogP contribution in [0.4, 0.5) is 9.52 Å². The van der Waals surface area contributed by atoms with Gasteiger partial charge < -0.3 is 15.2 Å². The largest absolute Gasteiger partial charge is 0.350 e. The van der Waals surface area contributed by atoms with Crippen LogP contribution in [0.5, 0.6) is 0 Å². The number of para-hydroxylation sites is 1. The number of nitrogens with zero attached hydrogens (tertiary/aromatic N) is 2. The molecule has 1 aliphatic rings. The van der Waals surface area contributed by atoms with Crippen molar-refractivity contribution < 1.29 is 14.0 Å². The highest BCUT2D eigenvalue weighted by Gasteiger charge is 2.35. The lowest BCUT2D eigenvalue weighted by Crippen LogP contribution is -2.43. The van der Waals surface area contributed by atoms with E-state index < -0.39 is 6.04 Å². The van der Waals surface area contributed by atoms with E-state index in [4.69, 9.17) is 0 Å². The van der Waals surface area contributed by atoms with Gasteiger partial charge in [-0.05, 0) is 55.7 Å². The Morgan fingerprint density at radius 1 is 1.27 bits per heavy atom. The number of aromatic amines is 1.